The van der Waals surface area contributed by atoms with E-state index in [1.54, 1.807) is 5.48 Å². The molecule has 0 saturated carbocycles. The fraction of sp³-hybridized carbons (Fsp3) is 0.125. The van der Waals surface area contributed by atoms with Crippen molar-refractivity contribution in [3.63, 3.8) is 0 Å². The molecule has 6 nitrogen and oxygen atoms in total. The van der Waals surface area contributed by atoms with Crippen LogP contribution in [0.5, 0.6) is 5.75 Å². The van der Waals surface area contributed by atoms with Crippen molar-refractivity contribution < 1.29 is 18.7 Å². The fourth-order valence-corrected chi connectivity index (χ4v) is 2.89. The van der Waals surface area contributed by atoms with E-state index in [9.17, 15) is 13.6 Å². The van der Waals surface area contributed by atoms with Crippen molar-refractivity contribution >= 4 is 44.8 Å². The third-order valence-electron chi connectivity index (χ3n) is 3.24. The number of aromatic nitrogens is 2. The monoisotopic (exact) mass is 481 g/mol. The lowest BCUT2D eigenvalue weighted by molar-refractivity contribution is 0.214. The van der Waals surface area contributed by atoms with Crippen molar-refractivity contribution in [1.29, 1.82) is 0 Å². The molecule has 27 heavy (non-hydrogen) atoms. The van der Waals surface area contributed by atoms with Crippen LogP contribution in [-0.2, 0) is 6.61 Å². The van der Waals surface area contributed by atoms with Gasteiger partial charge in [0.05, 0.1) is 11.2 Å². The van der Waals surface area contributed by atoms with Gasteiger partial charge in [0.15, 0.2) is 5.75 Å². The number of allylic oxidation sites excluding steroid dienone is 3. The second-order valence-corrected chi connectivity index (χ2v) is 6.83. The first-order valence-corrected chi connectivity index (χ1v) is 8.78. The molecule has 0 aliphatic carbocycles. The molecule has 0 aliphatic rings. The molecule has 0 unspecified atom stereocenters. The molecule has 0 amide bonds. The van der Waals surface area contributed by atoms with Crippen LogP contribution in [0.15, 0.2) is 49.9 Å². The van der Waals surface area contributed by atoms with E-state index in [2.05, 4.69) is 21.0 Å². The van der Waals surface area contributed by atoms with Gasteiger partial charge in [0.1, 0.15) is 28.4 Å². The number of nitrogens with one attached hydrogen (secondary N) is 1. The first-order chi connectivity index (χ1) is 12.8. The predicted molar refractivity (Wildman–Crippen MR) is 100 cm³/mol. The number of hydroxylamine groups is 1. The molecule has 0 aliphatic heterocycles. The van der Waals surface area contributed by atoms with Gasteiger partial charge in [-0.05, 0) is 35.0 Å². The van der Waals surface area contributed by atoms with Crippen LogP contribution in [0.2, 0.25) is 0 Å². The number of nitrogens with zero attached hydrogens (tertiary/aromatic N) is 2. The molecule has 1 aromatic heterocycles. The zero-order valence-electron chi connectivity index (χ0n) is 13.6. The van der Waals surface area contributed by atoms with Crippen molar-refractivity contribution in [2.75, 3.05) is 0 Å². The molecule has 1 aromatic carbocycles. The van der Waals surface area contributed by atoms with E-state index in [1.165, 1.54) is 19.2 Å². The Bertz CT molecular complexity index is 976. The van der Waals surface area contributed by atoms with Gasteiger partial charge in [-0.2, -0.15) is 9.78 Å². The summed E-state index contributed by atoms with van der Waals surface area (Å²) in [6.07, 6.45) is 2.20. The van der Waals surface area contributed by atoms with Crippen molar-refractivity contribution in [2.45, 2.75) is 13.5 Å². The minimum Gasteiger partial charge on any atom is -0.486 e. The van der Waals surface area contributed by atoms with Gasteiger partial charge in [0.25, 0.3) is 5.56 Å². The molecular formula is C16H12BrCl2F2N3O3. The summed E-state index contributed by atoms with van der Waals surface area (Å²) in [5, 5.41) is 12.7. The molecule has 2 rings (SSSR count). The number of hydrogen-bond acceptors (Lipinski definition) is 5. The molecule has 0 radical (unpaired) electrons. The number of ether oxygens (including phenoxy) is 1. The topological polar surface area (TPSA) is 76.4 Å². The van der Waals surface area contributed by atoms with Crippen molar-refractivity contribution in [3.05, 3.63) is 72.7 Å². The van der Waals surface area contributed by atoms with Crippen LogP contribution in [0.4, 0.5) is 8.78 Å². The third-order valence-corrected chi connectivity index (χ3v) is 4.44. The summed E-state index contributed by atoms with van der Waals surface area (Å²) < 4.78 is 32.9. The molecule has 2 aromatic rings. The maximum Gasteiger partial charge on any atom is 0.289 e. The third kappa shape index (κ3) is 5.07. The Kier molecular flexibility index (Phi) is 7.37. The predicted octanol–water partition coefficient (Wildman–Crippen LogP) is 4.35. The van der Waals surface area contributed by atoms with Crippen molar-refractivity contribution in [2.24, 2.45) is 0 Å². The molecule has 144 valence electrons. The first-order valence-electron chi connectivity index (χ1n) is 7.23. The Morgan fingerprint density at radius 3 is 2.74 bits per heavy atom. The van der Waals surface area contributed by atoms with E-state index in [0.29, 0.717) is 0 Å². The molecule has 1 heterocycles. The summed E-state index contributed by atoms with van der Waals surface area (Å²) in [4.78, 5) is 12.6. The Balaban J connectivity index is 2.35. The van der Waals surface area contributed by atoms with E-state index in [-0.39, 0.29) is 38.2 Å². The number of halogens is 5. The molecule has 0 atom stereocenters. The van der Waals surface area contributed by atoms with E-state index in [1.807, 2.05) is 0 Å². The minimum absolute atomic E-state index is 0.0168. The fourth-order valence-electron chi connectivity index (χ4n) is 2.01. The average Bonchev–Trinajstić information content (AvgIpc) is 2.59. The average molecular weight is 483 g/mol. The Hall–Kier alpha value is -1.94. The Morgan fingerprint density at radius 1 is 1.44 bits per heavy atom. The maximum absolute atomic E-state index is 13.7. The summed E-state index contributed by atoms with van der Waals surface area (Å²) in [6, 6.07) is 3.06. The van der Waals surface area contributed by atoms with Gasteiger partial charge >= 0.3 is 0 Å². The first kappa shape index (κ1) is 21.4. The van der Waals surface area contributed by atoms with Gasteiger partial charge in [-0.15, -0.1) is 0 Å². The van der Waals surface area contributed by atoms with Crippen LogP contribution in [0.3, 0.4) is 0 Å². The smallest absolute Gasteiger partial charge is 0.289 e. The van der Waals surface area contributed by atoms with Gasteiger partial charge in [-0.25, -0.2) is 8.78 Å². The highest BCUT2D eigenvalue weighted by atomic mass is 79.9. The van der Waals surface area contributed by atoms with Crippen LogP contribution in [0.1, 0.15) is 12.5 Å². The number of rotatable bonds is 6. The lowest BCUT2D eigenvalue weighted by Crippen LogP contribution is -2.24. The second-order valence-electron chi connectivity index (χ2n) is 5.07. The van der Waals surface area contributed by atoms with Crippen LogP contribution in [0, 0.1) is 11.6 Å². The van der Waals surface area contributed by atoms with E-state index in [0.717, 1.165) is 23.0 Å². The molecule has 2 N–H and O–H groups in total. The zero-order valence-corrected chi connectivity index (χ0v) is 16.7. The largest absolute Gasteiger partial charge is 0.486 e. The summed E-state index contributed by atoms with van der Waals surface area (Å²) in [5.74, 6) is -1.45. The molecular weight excluding hydrogens is 471 g/mol. The second kappa shape index (κ2) is 9.32. The minimum atomic E-state index is -0.774. The summed E-state index contributed by atoms with van der Waals surface area (Å²) >= 11 is 15.1. The summed E-state index contributed by atoms with van der Waals surface area (Å²) in [7, 11) is 0. The van der Waals surface area contributed by atoms with Gasteiger partial charge in [-0.3, -0.25) is 15.5 Å². The highest BCUT2D eigenvalue weighted by Gasteiger charge is 2.17. The Morgan fingerprint density at radius 2 is 2.15 bits per heavy atom. The van der Waals surface area contributed by atoms with Crippen molar-refractivity contribution in [1.82, 2.24) is 15.3 Å². The van der Waals surface area contributed by atoms with E-state index in [4.69, 9.17) is 33.1 Å². The Labute approximate surface area is 170 Å². The van der Waals surface area contributed by atoms with E-state index < -0.39 is 17.2 Å². The lowest BCUT2D eigenvalue weighted by Gasteiger charge is -2.13. The standard InChI is InChI=1S/C16H12BrCl2F2N3O3/c1-8(18)15(11(19)5-23-26)24-16(25)14(17)13(6-22-24)27-7-9-2-3-10(20)4-12(9)21/h2-6,23,26H,7H2,1H3/b11-5+,15-8-. The molecule has 0 bridgehead atoms. The quantitative estimate of drug-likeness (QED) is 0.473. The highest BCUT2D eigenvalue weighted by Crippen LogP contribution is 2.27. The van der Waals surface area contributed by atoms with Crippen LogP contribution in [-0.4, -0.2) is 15.0 Å². The van der Waals surface area contributed by atoms with Crippen LogP contribution < -0.4 is 15.8 Å². The summed E-state index contributed by atoms with van der Waals surface area (Å²) in [6.45, 7) is 1.23. The molecule has 0 fully saturated rings. The molecule has 0 spiro atoms. The SMILES string of the molecule is C/C(Cl)=C(\C(Cl)=C/NO)n1ncc(OCc2ccc(F)cc2F)c(Br)c1=O. The van der Waals surface area contributed by atoms with Gasteiger partial charge < -0.3 is 4.74 Å². The van der Waals surface area contributed by atoms with Crippen molar-refractivity contribution in [3.8, 4) is 5.75 Å². The van der Waals surface area contributed by atoms with Crippen LogP contribution >= 0.6 is 39.1 Å². The normalized spacial score (nSPS) is 12.6. The van der Waals surface area contributed by atoms with Gasteiger partial charge in [0, 0.05) is 22.9 Å². The lowest BCUT2D eigenvalue weighted by atomic mass is 10.2. The maximum atomic E-state index is 13.7. The molecule has 0 saturated heterocycles. The highest BCUT2D eigenvalue weighted by molar-refractivity contribution is 9.10. The van der Waals surface area contributed by atoms with E-state index >= 15 is 0 Å². The molecule has 11 heteroatoms. The zero-order chi connectivity index (χ0) is 20.1. The number of benzene rings is 1. The number of hydrogen-bond donors (Lipinski definition) is 2. The van der Waals surface area contributed by atoms with Gasteiger partial charge in [0.2, 0.25) is 0 Å². The summed E-state index contributed by atoms with van der Waals surface area (Å²) in [5.41, 5.74) is 1.21. The van der Waals surface area contributed by atoms with Crippen LogP contribution in [0.25, 0.3) is 5.70 Å². The van der Waals surface area contributed by atoms with Gasteiger partial charge in [-0.1, -0.05) is 23.2 Å².